The lowest BCUT2D eigenvalue weighted by molar-refractivity contribution is 0.0530. The summed E-state index contributed by atoms with van der Waals surface area (Å²) in [5.74, 6) is 0.247. The number of hydrogen-bond donors (Lipinski definition) is 2. The summed E-state index contributed by atoms with van der Waals surface area (Å²) in [7, 11) is 1.67. The average Bonchev–Trinajstić information content (AvgIpc) is 2.31. The van der Waals surface area contributed by atoms with E-state index in [2.05, 4.69) is 10.1 Å². The van der Waals surface area contributed by atoms with E-state index < -0.39 is 0 Å². The van der Waals surface area contributed by atoms with Crippen molar-refractivity contribution < 1.29 is 14.7 Å². The van der Waals surface area contributed by atoms with Gasteiger partial charge in [0.25, 0.3) is 0 Å². The van der Waals surface area contributed by atoms with E-state index >= 15 is 0 Å². The lowest BCUT2D eigenvalue weighted by Gasteiger charge is -2.22. The van der Waals surface area contributed by atoms with Crippen LogP contribution in [0.15, 0.2) is 5.16 Å². The SMILES string of the molecule is COCCN(CCOC(C)C)CCC(N)=NO. The molecule has 0 spiro atoms. The minimum absolute atomic E-state index is 0.239. The van der Waals surface area contributed by atoms with Gasteiger partial charge < -0.3 is 20.4 Å². The van der Waals surface area contributed by atoms with E-state index in [1.54, 1.807) is 7.11 Å². The first-order valence-corrected chi connectivity index (χ1v) is 5.89. The third-order valence-corrected chi connectivity index (χ3v) is 2.28. The number of nitrogens with two attached hydrogens (primary N) is 1. The highest BCUT2D eigenvalue weighted by molar-refractivity contribution is 5.79. The molecule has 0 aromatic heterocycles. The van der Waals surface area contributed by atoms with Gasteiger partial charge in [0.2, 0.25) is 0 Å². The van der Waals surface area contributed by atoms with E-state index in [0.29, 0.717) is 19.6 Å². The molecule has 102 valence electrons. The largest absolute Gasteiger partial charge is 0.409 e. The first kappa shape index (κ1) is 16.1. The molecule has 0 rings (SSSR count). The molecule has 0 fully saturated rings. The van der Waals surface area contributed by atoms with Gasteiger partial charge in [0.1, 0.15) is 5.84 Å². The van der Waals surface area contributed by atoms with Crippen molar-refractivity contribution in [1.82, 2.24) is 4.90 Å². The molecule has 0 saturated carbocycles. The second-order valence-corrected chi connectivity index (χ2v) is 4.10. The Balaban J connectivity index is 3.87. The van der Waals surface area contributed by atoms with Crippen LogP contribution in [0, 0.1) is 0 Å². The molecule has 0 aromatic rings. The molecule has 17 heavy (non-hydrogen) atoms. The Kier molecular flexibility index (Phi) is 9.80. The van der Waals surface area contributed by atoms with Crippen LogP contribution < -0.4 is 5.73 Å². The van der Waals surface area contributed by atoms with E-state index in [4.69, 9.17) is 20.4 Å². The maximum Gasteiger partial charge on any atom is 0.140 e. The summed E-state index contributed by atoms with van der Waals surface area (Å²) in [5.41, 5.74) is 5.44. The molecular weight excluding hydrogens is 222 g/mol. The fourth-order valence-corrected chi connectivity index (χ4v) is 1.30. The monoisotopic (exact) mass is 247 g/mol. The molecule has 0 bridgehead atoms. The van der Waals surface area contributed by atoms with Crippen LogP contribution in [0.4, 0.5) is 0 Å². The second kappa shape index (κ2) is 10.3. The van der Waals surface area contributed by atoms with Gasteiger partial charge in [-0.3, -0.25) is 4.90 Å². The number of nitrogens with zero attached hydrogens (tertiary/aromatic N) is 2. The molecule has 0 saturated heterocycles. The zero-order chi connectivity index (χ0) is 13.1. The van der Waals surface area contributed by atoms with Crippen LogP contribution in [0.3, 0.4) is 0 Å². The van der Waals surface area contributed by atoms with Crippen molar-refractivity contribution in [3.63, 3.8) is 0 Å². The average molecular weight is 247 g/mol. The van der Waals surface area contributed by atoms with Crippen LogP contribution in [-0.4, -0.2) is 62.0 Å². The summed E-state index contributed by atoms with van der Waals surface area (Å²) in [4.78, 5) is 2.17. The van der Waals surface area contributed by atoms with Gasteiger partial charge in [-0.15, -0.1) is 0 Å². The Morgan fingerprint density at radius 1 is 1.29 bits per heavy atom. The minimum Gasteiger partial charge on any atom is -0.409 e. The molecule has 0 aliphatic heterocycles. The van der Waals surface area contributed by atoms with Crippen molar-refractivity contribution in [2.24, 2.45) is 10.9 Å². The van der Waals surface area contributed by atoms with E-state index in [1.165, 1.54) is 0 Å². The maximum absolute atomic E-state index is 8.47. The zero-order valence-electron chi connectivity index (χ0n) is 11.1. The minimum atomic E-state index is 0.239. The molecule has 0 unspecified atom stereocenters. The molecule has 0 amide bonds. The van der Waals surface area contributed by atoms with Crippen LogP contribution in [0.1, 0.15) is 20.3 Å². The molecule has 6 nitrogen and oxygen atoms in total. The third kappa shape index (κ3) is 10.0. The van der Waals surface area contributed by atoms with Crippen molar-refractivity contribution in [2.75, 3.05) is 40.0 Å². The second-order valence-electron chi connectivity index (χ2n) is 4.10. The van der Waals surface area contributed by atoms with Gasteiger partial charge in [-0.05, 0) is 13.8 Å². The highest BCUT2D eigenvalue weighted by atomic mass is 16.5. The van der Waals surface area contributed by atoms with Crippen LogP contribution in [-0.2, 0) is 9.47 Å². The lowest BCUT2D eigenvalue weighted by Crippen LogP contribution is -2.34. The predicted octanol–water partition coefficient (Wildman–Crippen LogP) is 0.496. The van der Waals surface area contributed by atoms with Gasteiger partial charge in [0, 0.05) is 33.2 Å². The Labute approximate surface area is 103 Å². The van der Waals surface area contributed by atoms with E-state index in [1.807, 2.05) is 13.8 Å². The van der Waals surface area contributed by atoms with Crippen molar-refractivity contribution in [2.45, 2.75) is 26.4 Å². The van der Waals surface area contributed by atoms with Crippen LogP contribution in [0.25, 0.3) is 0 Å². The van der Waals surface area contributed by atoms with Gasteiger partial charge in [0.05, 0.1) is 19.3 Å². The van der Waals surface area contributed by atoms with Crippen molar-refractivity contribution in [3.8, 4) is 0 Å². The van der Waals surface area contributed by atoms with Crippen molar-refractivity contribution in [3.05, 3.63) is 0 Å². The summed E-state index contributed by atoms with van der Waals surface area (Å²) in [5, 5.41) is 11.4. The fourth-order valence-electron chi connectivity index (χ4n) is 1.30. The molecule has 0 aliphatic carbocycles. The lowest BCUT2D eigenvalue weighted by atomic mass is 10.3. The van der Waals surface area contributed by atoms with Gasteiger partial charge in [-0.2, -0.15) is 0 Å². The maximum atomic E-state index is 8.47. The van der Waals surface area contributed by atoms with E-state index in [-0.39, 0.29) is 11.9 Å². The third-order valence-electron chi connectivity index (χ3n) is 2.28. The van der Waals surface area contributed by atoms with Crippen molar-refractivity contribution >= 4 is 5.84 Å². The smallest absolute Gasteiger partial charge is 0.140 e. The summed E-state index contributed by atoms with van der Waals surface area (Å²) < 4.78 is 10.5. The molecule has 0 radical (unpaired) electrons. The molecular formula is C11H25N3O3. The molecule has 0 aromatic carbocycles. The van der Waals surface area contributed by atoms with Crippen LogP contribution in [0.2, 0.25) is 0 Å². The van der Waals surface area contributed by atoms with Gasteiger partial charge in [0.15, 0.2) is 0 Å². The Bertz CT molecular complexity index is 210. The van der Waals surface area contributed by atoms with Gasteiger partial charge in [-0.1, -0.05) is 5.16 Å². The van der Waals surface area contributed by atoms with Crippen LogP contribution >= 0.6 is 0 Å². The molecule has 0 atom stereocenters. The molecule has 6 heteroatoms. The summed E-state index contributed by atoms with van der Waals surface area (Å²) in [6, 6.07) is 0. The molecule has 3 N–H and O–H groups in total. The van der Waals surface area contributed by atoms with Gasteiger partial charge in [-0.25, -0.2) is 0 Å². The van der Waals surface area contributed by atoms with E-state index in [9.17, 15) is 0 Å². The van der Waals surface area contributed by atoms with Crippen molar-refractivity contribution in [1.29, 1.82) is 0 Å². The molecule has 0 heterocycles. The number of oxime groups is 1. The standard InChI is InChI=1S/C11H25N3O3/c1-10(2)17-9-7-14(6-8-16-3)5-4-11(12)13-15/h10,15H,4-9H2,1-3H3,(H2,12,13). The highest BCUT2D eigenvalue weighted by Crippen LogP contribution is 1.95. The predicted molar refractivity (Wildman–Crippen MR) is 67.4 cm³/mol. The van der Waals surface area contributed by atoms with Gasteiger partial charge >= 0.3 is 0 Å². The number of rotatable bonds is 10. The van der Waals surface area contributed by atoms with E-state index in [0.717, 1.165) is 19.6 Å². The first-order chi connectivity index (χ1) is 8.10. The Morgan fingerprint density at radius 2 is 1.94 bits per heavy atom. The summed E-state index contributed by atoms with van der Waals surface area (Å²) >= 11 is 0. The highest BCUT2D eigenvalue weighted by Gasteiger charge is 2.06. The number of hydrogen-bond acceptors (Lipinski definition) is 5. The summed E-state index contributed by atoms with van der Waals surface area (Å²) in [6.07, 6.45) is 0.783. The summed E-state index contributed by atoms with van der Waals surface area (Å²) in [6.45, 7) is 7.73. The number of methoxy groups -OCH3 is 1. The fraction of sp³-hybridized carbons (Fsp3) is 0.909. The zero-order valence-corrected chi connectivity index (χ0v) is 11.1. The Morgan fingerprint density at radius 3 is 2.47 bits per heavy atom. The first-order valence-electron chi connectivity index (χ1n) is 5.89. The number of amidine groups is 1. The molecule has 0 aliphatic rings. The quantitative estimate of drug-likeness (QED) is 0.254. The normalized spacial score (nSPS) is 12.6. The van der Waals surface area contributed by atoms with Crippen LogP contribution in [0.5, 0.6) is 0 Å². The number of ether oxygens (including phenoxy) is 2. The Hall–Kier alpha value is -0.850. The topological polar surface area (TPSA) is 80.3 Å².